The highest BCUT2D eigenvalue weighted by molar-refractivity contribution is 6.42. The fourth-order valence-electron chi connectivity index (χ4n) is 2.37. The van der Waals surface area contributed by atoms with Crippen LogP contribution in [0.25, 0.3) is 0 Å². The summed E-state index contributed by atoms with van der Waals surface area (Å²) < 4.78 is 0. The minimum absolute atomic E-state index is 0.258. The first-order valence-corrected chi connectivity index (χ1v) is 7.70. The van der Waals surface area contributed by atoms with Crippen LogP contribution in [0.5, 0.6) is 0 Å². The molecule has 0 bridgehead atoms. The van der Waals surface area contributed by atoms with Crippen molar-refractivity contribution >= 4 is 34.8 Å². The van der Waals surface area contributed by atoms with E-state index in [2.05, 4.69) is 18.7 Å². The van der Waals surface area contributed by atoms with Crippen molar-refractivity contribution in [2.24, 2.45) is 5.92 Å². The molecule has 0 atom stereocenters. The van der Waals surface area contributed by atoms with Gasteiger partial charge in [0.25, 0.3) is 0 Å². The van der Waals surface area contributed by atoms with Crippen LogP contribution in [0.3, 0.4) is 0 Å². The van der Waals surface area contributed by atoms with E-state index in [-0.39, 0.29) is 5.91 Å². The van der Waals surface area contributed by atoms with Crippen LogP contribution in [0, 0.1) is 5.92 Å². The van der Waals surface area contributed by atoms with Crippen molar-refractivity contribution in [3.8, 4) is 0 Å². The molecule has 20 heavy (non-hydrogen) atoms. The zero-order valence-corrected chi connectivity index (χ0v) is 13.4. The second-order valence-corrected chi connectivity index (χ2v) is 6.38. The number of halogens is 2. The van der Waals surface area contributed by atoms with Gasteiger partial charge >= 0.3 is 0 Å². The number of piperazine rings is 1. The van der Waals surface area contributed by atoms with Gasteiger partial charge in [0.15, 0.2) is 0 Å². The molecule has 0 aromatic heterocycles. The van der Waals surface area contributed by atoms with Crippen LogP contribution < -0.4 is 4.90 Å². The summed E-state index contributed by atoms with van der Waals surface area (Å²) in [5.74, 6) is 0.671. The van der Waals surface area contributed by atoms with Gasteiger partial charge in [0, 0.05) is 38.3 Å². The zero-order valence-electron chi connectivity index (χ0n) is 11.9. The third-order valence-electron chi connectivity index (χ3n) is 3.48. The molecule has 0 unspecified atom stereocenters. The number of hydrogen-bond donors (Lipinski definition) is 0. The smallest absolute Gasteiger partial charge is 0.222 e. The highest BCUT2D eigenvalue weighted by Crippen LogP contribution is 2.27. The van der Waals surface area contributed by atoms with Crippen molar-refractivity contribution in [3.63, 3.8) is 0 Å². The molecule has 5 heteroatoms. The van der Waals surface area contributed by atoms with Gasteiger partial charge in [-0.15, -0.1) is 0 Å². The summed E-state index contributed by atoms with van der Waals surface area (Å²) in [5.41, 5.74) is 1.07. The molecule has 0 saturated carbocycles. The largest absolute Gasteiger partial charge is 0.368 e. The van der Waals surface area contributed by atoms with E-state index < -0.39 is 0 Å². The quantitative estimate of drug-likeness (QED) is 0.849. The molecule has 1 fully saturated rings. The zero-order chi connectivity index (χ0) is 14.7. The van der Waals surface area contributed by atoms with E-state index in [9.17, 15) is 4.79 Å². The molecular formula is C15H20Cl2N2O. The van der Waals surface area contributed by atoms with Gasteiger partial charge in [0.1, 0.15) is 0 Å². The molecule has 0 radical (unpaired) electrons. The molecule has 2 rings (SSSR count). The highest BCUT2D eigenvalue weighted by Gasteiger charge is 2.21. The number of carbonyl (C=O) groups excluding carboxylic acids is 1. The fraction of sp³-hybridized carbons (Fsp3) is 0.533. The average molecular weight is 315 g/mol. The van der Waals surface area contributed by atoms with Crippen molar-refractivity contribution < 1.29 is 4.79 Å². The minimum atomic E-state index is 0.258. The lowest BCUT2D eigenvalue weighted by atomic mass is 10.1. The fourth-order valence-corrected chi connectivity index (χ4v) is 2.67. The Hall–Kier alpha value is -0.930. The summed E-state index contributed by atoms with van der Waals surface area (Å²) in [6.07, 6.45) is 0.632. The van der Waals surface area contributed by atoms with E-state index in [1.54, 1.807) is 0 Å². The first kappa shape index (κ1) is 15.5. The van der Waals surface area contributed by atoms with Crippen LogP contribution in [-0.4, -0.2) is 37.0 Å². The van der Waals surface area contributed by atoms with Crippen LogP contribution >= 0.6 is 23.2 Å². The molecule has 1 aromatic rings. The van der Waals surface area contributed by atoms with Gasteiger partial charge in [-0.2, -0.15) is 0 Å². The Morgan fingerprint density at radius 3 is 2.35 bits per heavy atom. The number of carbonyl (C=O) groups is 1. The highest BCUT2D eigenvalue weighted by atomic mass is 35.5. The molecular weight excluding hydrogens is 295 g/mol. The van der Waals surface area contributed by atoms with E-state index in [0.717, 1.165) is 31.9 Å². The van der Waals surface area contributed by atoms with Crippen molar-refractivity contribution in [1.29, 1.82) is 0 Å². The standard InChI is InChI=1S/C15H20Cl2N2O/c1-11(2)9-15(20)19-7-5-18(6-8-19)12-3-4-13(16)14(17)10-12/h3-4,10-11H,5-9H2,1-2H3. The molecule has 3 nitrogen and oxygen atoms in total. The van der Waals surface area contributed by atoms with Gasteiger partial charge in [-0.3, -0.25) is 4.79 Å². The molecule has 1 aromatic carbocycles. The minimum Gasteiger partial charge on any atom is -0.368 e. The van der Waals surface area contributed by atoms with Gasteiger partial charge in [0.2, 0.25) is 5.91 Å². The van der Waals surface area contributed by atoms with E-state index in [4.69, 9.17) is 23.2 Å². The number of hydrogen-bond acceptors (Lipinski definition) is 2. The SMILES string of the molecule is CC(C)CC(=O)N1CCN(c2ccc(Cl)c(Cl)c2)CC1. The molecule has 1 saturated heterocycles. The Balaban J connectivity index is 1.94. The van der Waals surface area contributed by atoms with Gasteiger partial charge in [-0.1, -0.05) is 37.0 Å². The summed E-state index contributed by atoms with van der Waals surface area (Å²) in [5, 5.41) is 1.14. The second-order valence-electron chi connectivity index (χ2n) is 5.56. The van der Waals surface area contributed by atoms with Crippen molar-refractivity contribution in [2.75, 3.05) is 31.1 Å². The Labute approximate surface area is 130 Å². The Morgan fingerprint density at radius 1 is 1.15 bits per heavy atom. The number of amides is 1. The molecule has 110 valence electrons. The Bertz CT molecular complexity index is 483. The third-order valence-corrected chi connectivity index (χ3v) is 4.22. The summed E-state index contributed by atoms with van der Waals surface area (Å²) in [6.45, 7) is 7.36. The van der Waals surface area contributed by atoms with Crippen LogP contribution in [0.1, 0.15) is 20.3 Å². The molecule has 1 aliphatic rings. The predicted molar refractivity (Wildman–Crippen MR) is 84.7 cm³/mol. The third kappa shape index (κ3) is 3.80. The van der Waals surface area contributed by atoms with E-state index in [0.29, 0.717) is 22.4 Å². The lowest BCUT2D eigenvalue weighted by molar-refractivity contribution is -0.132. The number of rotatable bonds is 3. The first-order chi connectivity index (χ1) is 9.47. The van der Waals surface area contributed by atoms with Crippen molar-refractivity contribution in [1.82, 2.24) is 4.90 Å². The first-order valence-electron chi connectivity index (χ1n) is 6.95. The van der Waals surface area contributed by atoms with Gasteiger partial charge in [0.05, 0.1) is 10.0 Å². The van der Waals surface area contributed by atoms with Gasteiger partial charge in [-0.25, -0.2) is 0 Å². The second kappa shape index (κ2) is 6.68. The Morgan fingerprint density at radius 2 is 1.80 bits per heavy atom. The molecule has 0 aliphatic carbocycles. The summed E-state index contributed by atoms with van der Waals surface area (Å²) in [6, 6.07) is 5.67. The van der Waals surface area contributed by atoms with Crippen LogP contribution in [-0.2, 0) is 4.79 Å². The summed E-state index contributed by atoms with van der Waals surface area (Å²) >= 11 is 12.0. The molecule has 1 amide bonds. The lowest BCUT2D eigenvalue weighted by Crippen LogP contribution is -2.49. The Kier molecular flexibility index (Phi) is 5.17. The predicted octanol–water partition coefficient (Wildman–Crippen LogP) is 3.69. The monoisotopic (exact) mass is 314 g/mol. The van der Waals surface area contributed by atoms with E-state index in [1.807, 2.05) is 23.1 Å². The maximum atomic E-state index is 12.0. The maximum absolute atomic E-state index is 12.0. The topological polar surface area (TPSA) is 23.6 Å². The van der Waals surface area contributed by atoms with E-state index >= 15 is 0 Å². The van der Waals surface area contributed by atoms with Crippen LogP contribution in [0.15, 0.2) is 18.2 Å². The van der Waals surface area contributed by atoms with Gasteiger partial charge in [-0.05, 0) is 24.1 Å². The van der Waals surface area contributed by atoms with Crippen LogP contribution in [0.2, 0.25) is 10.0 Å². The van der Waals surface area contributed by atoms with Crippen LogP contribution in [0.4, 0.5) is 5.69 Å². The number of benzene rings is 1. The number of nitrogens with zero attached hydrogens (tertiary/aromatic N) is 2. The summed E-state index contributed by atoms with van der Waals surface area (Å²) in [4.78, 5) is 16.2. The molecule has 1 aliphatic heterocycles. The molecule has 0 N–H and O–H groups in total. The average Bonchev–Trinajstić information content (AvgIpc) is 2.41. The van der Waals surface area contributed by atoms with E-state index in [1.165, 1.54) is 0 Å². The molecule has 1 heterocycles. The normalized spacial score (nSPS) is 15.8. The number of anilines is 1. The van der Waals surface area contributed by atoms with Gasteiger partial charge < -0.3 is 9.80 Å². The van der Waals surface area contributed by atoms with Crippen molar-refractivity contribution in [2.45, 2.75) is 20.3 Å². The summed E-state index contributed by atoms with van der Waals surface area (Å²) in [7, 11) is 0. The lowest BCUT2D eigenvalue weighted by Gasteiger charge is -2.36. The van der Waals surface area contributed by atoms with Crippen molar-refractivity contribution in [3.05, 3.63) is 28.2 Å². The molecule has 0 spiro atoms. The maximum Gasteiger partial charge on any atom is 0.222 e.